The Morgan fingerprint density at radius 1 is 0.972 bits per heavy atom. The average Bonchev–Trinajstić information content (AvgIpc) is 3.07. The van der Waals surface area contributed by atoms with Crippen LogP contribution in [0.4, 0.5) is 5.69 Å². The zero-order valence-corrected chi connectivity index (χ0v) is 21.1. The fourth-order valence-electron chi connectivity index (χ4n) is 3.65. The van der Waals surface area contributed by atoms with Crippen LogP contribution in [0.25, 0.3) is 0 Å². The fourth-order valence-corrected chi connectivity index (χ4v) is 4.64. The highest BCUT2D eigenvalue weighted by molar-refractivity contribution is 8.04. The number of thioether (sulfide) groups is 1. The van der Waals surface area contributed by atoms with E-state index in [1.807, 2.05) is 57.2 Å². The van der Waals surface area contributed by atoms with E-state index in [9.17, 15) is 14.4 Å². The standard InChI is InChI=1S/C27H26N4O4S/c1-4-13-35-26(34)20-11-8-12-21(15-20)30-22-23(36-27-28-17(2)14-18(3)29-27)25(33)31(24(22)32)16-19-9-6-5-7-10-19/h5-12,14-15,30H,4,13,16H2,1-3H3. The highest BCUT2D eigenvalue weighted by atomic mass is 32.2. The van der Waals surface area contributed by atoms with Crippen molar-refractivity contribution in [1.82, 2.24) is 14.9 Å². The second kappa shape index (κ2) is 11.2. The first-order valence-corrected chi connectivity index (χ1v) is 12.4. The van der Waals surface area contributed by atoms with E-state index in [4.69, 9.17) is 4.74 Å². The Bertz CT molecular complexity index is 1320. The maximum Gasteiger partial charge on any atom is 0.338 e. The Hall–Kier alpha value is -3.98. The van der Waals surface area contributed by atoms with Crippen LogP contribution in [-0.4, -0.2) is 39.3 Å². The van der Waals surface area contributed by atoms with Crippen molar-refractivity contribution in [2.75, 3.05) is 11.9 Å². The molecule has 0 spiro atoms. The molecular weight excluding hydrogens is 476 g/mol. The summed E-state index contributed by atoms with van der Waals surface area (Å²) in [4.78, 5) is 49.5. The first-order chi connectivity index (χ1) is 17.4. The predicted molar refractivity (Wildman–Crippen MR) is 137 cm³/mol. The van der Waals surface area contributed by atoms with E-state index < -0.39 is 17.8 Å². The Kier molecular flexibility index (Phi) is 7.80. The molecule has 0 unspecified atom stereocenters. The molecule has 9 heteroatoms. The van der Waals surface area contributed by atoms with Gasteiger partial charge < -0.3 is 10.1 Å². The van der Waals surface area contributed by atoms with Crippen molar-refractivity contribution in [2.24, 2.45) is 0 Å². The van der Waals surface area contributed by atoms with E-state index in [1.165, 1.54) is 4.90 Å². The molecule has 8 nitrogen and oxygen atoms in total. The number of esters is 1. The summed E-state index contributed by atoms with van der Waals surface area (Å²) in [6.45, 7) is 6.06. The molecular formula is C27H26N4O4S. The Balaban J connectivity index is 1.67. The highest BCUT2D eigenvalue weighted by Crippen LogP contribution is 2.35. The quantitative estimate of drug-likeness (QED) is 0.256. The normalized spacial score (nSPS) is 13.4. The van der Waals surface area contributed by atoms with E-state index in [0.29, 0.717) is 29.4 Å². The number of hydrogen-bond acceptors (Lipinski definition) is 8. The molecule has 0 radical (unpaired) electrons. The van der Waals surface area contributed by atoms with Crippen LogP contribution in [0, 0.1) is 13.8 Å². The van der Waals surface area contributed by atoms with Gasteiger partial charge in [-0.2, -0.15) is 0 Å². The summed E-state index contributed by atoms with van der Waals surface area (Å²) in [6, 6.07) is 17.8. The van der Waals surface area contributed by atoms with Crippen molar-refractivity contribution < 1.29 is 19.1 Å². The van der Waals surface area contributed by atoms with Gasteiger partial charge in [-0.25, -0.2) is 14.8 Å². The molecule has 1 N–H and O–H groups in total. The monoisotopic (exact) mass is 502 g/mol. The summed E-state index contributed by atoms with van der Waals surface area (Å²) in [7, 11) is 0. The van der Waals surface area contributed by atoms with Crippen molar-refractivity contribution in [3.05, 3.63) is 93.8 Å². The first-order valence-electron chi connectivity index (χ1n) is 11.5. The second-order valence-electron chi connectivity index (χ2n) is 8.26. The minimum absolute atomic E-state index is 0.114. The number of aryl methyl sites for hydroxylation is 2. The van der Waals surface area contributed by atoms with Crippen molar-refractivity contribution in [2.45, 2.75) is 38.9 Å². The number of aromatic nitrogens is 2. The van der Waals surface area contributed by atoms with E-state index in [-0.39, 0.29) is 17.1 Å². The van der Waals surface area contributed by atoms with Crippen molar-refractivity contribution >= 4 is 35.2 Å². The third-order valence-electron chi connectivity index (χ3n) is 5.27. The lowest BCUT2D eigenvalue weighted by molar-refractivity contribution is -0.137. The van der Waals surface area contributed by atoms with Crippen molar-refractivity contribution in [1.29, 1.82) is 0 Å². The van der Waals surface area contributed by atoms with Gasteiger partial charge in [-0.05, 0) is 61.9 Å². The third kappa shape index (κ3) is 5.80. The molecule has 184 valence electrons. The molecule has 4 rings (SSSR count). The molecule has 2 heterocycles. The smallest absolute Gasteiger partial charge is 0.338 e. The zero-order valence-electron chi connectivity index (χ0n) is 20.3. The van der Waals surface area contributed by atoms with Crippen LogP contribution >= 0.6 is 11.8 Å². The number of benzene rings is 2. The van der Waals surface area contributed by atoms with E-state index in [1.54, 1.807) is 24.3 Å². The molecule has 0 aliphatic carbocycles. The molecule has 1 aliphatic rings. The number of anilines is 1. The molecule has 0 saturated carbocycles. The fraction of sp³-hybridized carbons (Fsp3) is 0.222. The number of nitrogens with zero attached hydrogens (tertiary/aromatic N) is 3. The predicted octanol–water partition coefficient (Wildman–Crippen LogP) is 4.65. The number of ether oxygens (including phenoxy) is 1. The molecule has 0 fully saturated rings. The lowest BCUT2D eigenvalue weighted by Gasteiger charge is -2.15. The van der Waals surface area contributed by atoms with Crippen LogP contribution in [-0.2, 0) is 20.9 Å². The van der Waals surface area contributed by atoms with Crippen LogP contribution < -0.4 is 5.32 Å². The second-order valence-corrected chi connectivity index (χ2v) is 9.24. The summed E-state index contributed by atoms with van der Waals surface area (Å²) in [6.07, 6.45) is 0.714. The van der Waals surface area contributed by atoms with Crippen molar-refractivity contribution in [3.8, 4) is 0 Å². The minimum Gasteiger partial charge on any atom is -0.462 e. The molecule has 36 heavy (non-hydrogen) atoms. The van der Waals surface area contributed by atoms with Gasteiger partial charge in [0.15, 0.2) is 5.16 Å². The molecule has 1 aliphatic heterocycles. The van der Waals surface area contributed by atoms with Crippen LogP contribution in [0.3, 0.4) is 0 Å². The maximum absolute atomic E-state index is 13.5. The molecule has 0 saturated heterocycles. The number of amides is 2. The van der Waals surface area contributed by atoms with Crippen LogP contribution in [0.2, 0.25) is 0 Å². The van der Waals surface area contributed by atoms with E-state index in [2.05, 4.69) is 15.3 Å². The Labute approximate surface area is 213 Å². The minimum atomic E-state index is -0.463. The largest absolute Gasteiger partial charge is 0.462 e. The third-order valence-corrected chi connectivity index (χ3v) is 6.22. The van der Waals surface area contributed by atoms with Gasteiger partial charge in [-0.1, -0.05) is 43.3 Å². The average molecular weight is 503 g/mol. The summed E-state index contributed by atoms with van der Waals surface area (Å²) in [5.74, 6) is -1.35. The summed E-state index contributed by atoms with van der Waals surface area (Å²) in [5, 5.41) is 3.45. The Morgan fingerprint density at radius 3 is 2.39 bits per heavy atom. The van der Waals surface area contributed by atoms with Gasteiger partial charge in [0, 0.05) is 17.1 Å². The lowest BCUT2D eigenvalue weighted by atomic mass is 10.2. The van der Waals surface area contributed by atoms with Crippen LogP contribution in [0.1, 0.15) is 40.7 Å². The van der Waals surface area contributed by atoms with Gasteiger partial charge in [0.2, 0.25) is 0 Å². The first kappa shape index (κ1) is 25.1. The summed E-state index contributed by atoms with van der Waals surface area (Å²) in [5.41, 5.74) is 3.29. The highest BCUT2D eigenvalue weighted by Gasteiger charge is 2.39. The number of carbonyl (C=O) groups excluding carboxylic acids is 3. The number of imide groups is 1. The van der Waals surface area contributed by atoms with Gasteiger partial charge in [-0.3, -0.25) is 14.5 Å². The lowest BCUT2D eigenvalue weighted by Crippen LogP contribution is -2.31. The maximum atomic E-state index is 13.5. The van der Waals surface area contributed by atoms with Gasteiger partial charge in [0.25, 0.3) is 11.8 Å². The number of nitrogens with one attached hydrogen (secondary N) is 1. The SMILES string of the molecule is CCCOC(=O)c1cccc(NC2=C(Sc3nc(C)cc(C)n3)C(=O)N(Cc3ccccc3)C2=O)c1. The summed E-state index contributed by atoms with van der Waals surface area (Å²) >= 11 is 1.05. The number of carbonyl (C=O) groups is 3. The Morgan fingerprint density at radius 2 is 1.69 bits per heavy atom. The molecule has 3 aromatic rings. The number of hydrogen-bond donors (Lipinski definition) is 1. The van der Waals surface area contributed by atoms with Crippen LogP contribution in [0.15, 0.2) is 76.4 Å². The van der Waals surface area contributed by atoms with Gasteiger partial charge in [0.05, 0.1) is 18.7 Å². The molecule has 2 aromatic carbocycles. The molecule has 1 aromatic heterocycles. The molecule has 0 bridgehead atoms. The summed E-state index contributed by atoms with van der Waals surface area (Å²) < 4.78 is 5.22. The van der Waals surface area contributed by atoms with E-state index >= 15 is 0 Å². The molecule has 2 amide bonds. The van der Waals surface area contributed by atoms with Crippen molar-refractivity contribution in [3.63, 3.8) is 0 Å². The van der Waals surface area contributed by atoms with Gasteiger partial charge in [0.1, 0.15) is 10.6 Å². The van der Waals surface area contributed by atoms with E-state index in [0.717, 1.165) is 28.7 Å². The zero-order chi connectivity index (χ0) is 25.7. The van der Waals surface area contributed by atoms with Crippen LogP contribution in [0.5, 0.6) is 0 Å². The molecule has 0 atom stereocenters. The van der Waals surface area contributed by atoms with Gasteiger partial charge in [-0.15, -0.1) is 0 Å². The topological polar surface area (TPSA) is 101 Å². The number of rotatable bonds is 9. The van der Waals surface area contributed by atoms with Gasteiger partial charge >= 0.3 is 5.97 Å².